The molecular formula is C9H3ClF6N2. The van der Waals surface area contributed by atoms with Crippen molar-refractivity contribution in [2.24, 2.45) is 0 Å². The number of halogens is 7. The van der Waals surface area contributed by atoms with Gasteiger partial charge >= 0.3 is 12.4 Å². The van der Waals surface area contributed by atoms with E-state index in [4.69, 9.17) is 11.6 Å². The Kier molecular flexibility index (Phi) is 2.73. The highest BCUT2D eigenvalue weighted by Crippen LogP contribution is 2.34. The third kappa shape index (κ3) is 2.24. The summed E-state index contributed by atoms with van der Waals surface area (Å²) >= 11 is 5.49. The SMILES string of the molecule is FC(F)(F)c1cc(Cl)n2cc(C(F)(F)F)nc2c1. The molecule has 9 heteroatoms. The lowest BCUT2D eigenvalue weighted by Crippen LogP contribution is -2.06. The van der Waals surface area contributed by atoms with E-state index in [1.807, 2.05) is 0 Å². The van der Waals surface area contributed by atoms with Crippen LogP contribution in [0.2, 0.25) is 5.15 Å². The van der Waals surface area contributed by atoms with Gasteiger partial charge in [0.1, 0.15) is 10.8 Å². The molecule has 2 rings (SSSR count). The molecule has 18 heavy (non-hydrogen) atoms. The Bertz CT molecular complexity index is 597. The van der Waals surface area contributed by atoms with Crippen LogP contribution < -0.4 is 0 Å². The summed E-state index contributed by atoms with van der Waals surface area (Å²) in [4.78, 5) is 3.07. The van der Waals surface area contributed by atoms with Crippen molar-refractivity contribution in [3.63, 3.8) is 0 Å². The van der Waals surface area contributed by atoms with Gasteiger partial charge in [0.25, 0.3) is 0 Å². The first-order valence-corrected chi connectivity index (χ1v) is 4.80. The molecule has 0 aromatic carbocycles. The number of rotatable bonds is 0. The summed E-state index contributed by atoms with van der Waals surface area (Å²) in [7, 11) is 0. The topological polar surface area (TPSA) is 17.3 Å². The maximum atomic E-state index is 12.4. The summed E-state index contributed by atoms with van der Waals surface area (Å²) < 4.78 is 75.0. The van der Waals surface area contributed by atoms with E-state index in [9.17, 15) is 26.3 Å². The largest absolute Gasteiger partial charge is 0.434 e. The van der Waals surface area contributed by atoms with Crippen molar-refractivity contribution < 1.29 is 26.3 Å². The number of pyridine rings is 1. The van der Waals surface area contributed by atoms with Crippen LogP contribution >= 0.6 is 11.6 Å². The normalized spacial score (nSPS) is 13.3. The molecule has 0 N–H and O–H groups in total. The van der Waals surface area contributed by atoms with Crippen LogP contribution in [0, 0.1) is 0 Å². The lowest BCUT2D eigenvalue weighted by molar-refractivity contribution is -0.140. The molecule has 2 aromatic heterocycles. The highest BCUT2D eigenvalue weighted by atomic mass is 35.5. The fraction of sp³-hybridized carbons (Fsp3) is 0.222. The Morgan fingerprint density at radius 1 is 1.00 bits per heavy atom. The second kappa shape index (κ2) is 3.78. The van der Waals surface area contributed by atoms with E-state index in [1.54, 1.807) is 0 Å². The van der Waals surface area contributed by atoms with Gasteiger partial charge in [-0.15, -0.1) is 0 Å². The molecule has 0 atom stereocenters. The zero-order valence-corrected chi connectivity index (χ0v) is 9.03. The molecule has 0 amide bonds. The number of aromatic nitrogens is 2. The second-order valence-electron chi connectivity index (χ2n) is 3.42. The number of hydrogen-bond acceptors (Lipinski definition) is 1. The molecule has 0 radical (unpaired) electrons. The summed E-state index contributed by atoms with van der Waals surface area (Å²) in [5.74, 6) is 0. The van der Waals surface area contributed by atoms with Gasteiger partial charge in [-0.2, -0.15) is 26.3 Å². The molecule has 0 spiro atoms. The molecule has 2 nitrogen and oxygen atoms in total. The van der Waals surface area contributed by atoms with Gasteiger partial charge in [-0.3, -0.25) is 4.40 Å². The van der Waals surface area contributed by atoms with Gasteiger partial charge in [0.05, 0.1) is 5.56 Å². The van der Waals surface area contributed by atoms with E-state index in [2.05, 4.69) is 4.98 Å². The standard InChI is InChI=1S/C9H3ClF6N2/c10-6-1-4(8(11,12)13)2-7-17-5(3-18(6)7)9(14,15)16/h1-3H. The predicted molar refractivity (Wildman–Crippen MR) is 50.2 cm³/mol. The van der Waals surface area contributed by atoms with Crippen LogP contribution in [0.25, 0.3) is 5.65 Å². The van der Waals surface area contributed by atoms with Crippen LogP contribution in [-0.4, -0.2) is 9.38 Å². The number of alkyl halides is 6. The molecule has 0 aliphatic rings. The third-order valence-electron chi connectivity index (χ3n) is 2.14. The number of hydrogen-bond donors (Lipinski definition) is 0. The molecule has 98 valence electrons. The van der Waals surface area contributed by atoms with Crippen molar-refractivity contribution in [1.82, 2.24) is 9.38 Å². The smallest absolute Gasteiger partial charge is 0.290 e. The zero-order chi connectivity index (χ0) is 13.7. The average Bonchev–Trinajstić information content (AvgIpc) is 2.59. The Morgan fingerprint density at radius 2 is 1.61 bits per heavy atom. The molecule has 0 aliphatic carbocycles. The van der Waals surface area contributed by atoms with Gasteiger partial charge in [0, 0.05) is 6.20 Å². The Morgan fingerprint density at radius 3 is 2.11 bits per heavy atom. The molecule has 0 saturated heterocycles. The van der Waals surface area contributed by atoms with Gasteiger partial charge in [-0.1, -0.05) is 11.6 Å². The summed E-state index contributed by atoms with van der Waals surface area (Å²) in [5, 5.41) is -0.497. The van der Waals surface area contributed by atoms with Crippen molar-refractivity contribution >= 4 is 17.2 Å². The summed E-state index contributed by atoms with van der Waals surface area (Å²) in [6, 6.07) is 1.04. The Balaban J connectivity index is 2.67. The van der Waals surface area contributed by atoms with Crippen LogP contribution in [-0.2, 0) is 12.4 Å². The minimum atomic E-state index is -4.74. The fourth-order valence-electron chi connectivity index (χ4n) is 1.35. The number of imidazole rings is 1. The van der Waals surface area contributed by atoms with Crippen LogP contribution in [0.1, 0.15) is 11.3 Å². The first-order valence-electron chi connectivity index (χ1n) is 4.42. The van der Waals surface area contributed by atoms with Crippen molar-refractivity contribution in [3.05, 3.63) is 34.7 Å². The second-order valence-corrected chi connectivity index (χ2v) is 3.80. The maximum Gasteiger partial charge on any atom is 0.434 e. The van der Waals surface area contributed by atoms with Crippen molar-refractivity contribution in [2.45, 2.75) is 12.4 Å². The Labute approximate surface area is 101 Å². The van der Waals surface area contributed by atoms with E-state index in [-0.39, 0.29) is 0 Å². The van der Waals surface area contributed by atoms with Crippen molar-refractivity contribution in [3.8, 4) is 0 Å². The summed E-state index contributed by atoms with van der Waals surface area (Å²) in [5.41, 5.74) is -2.97. The highest BCUT2D eigenvalue weighted by molar-refractivity contribution is 6.29. The fourth-order valence-corrected chi connectivity index (χ4v) is 1.60. The molecule has 2 aromatic rings. The minimum Gasteiger partial charge on any atom is -0.290 e. The third-order valence-corrected chi connectivity index (χ3v) is 2.43. The summed E-state index contributed by atoms with van der Waals surface area (Å²) in [6.07, 6.45) is -8.90. The molecular weight excluding hydrogens is 286 g/mol. The predicted octanol–water partition coefficient (Wildman–Crippen LogP) is 4.03. The van der Waals surface area contributed by atoms with Crippen LogP contribution in [0.5, 0.6) is 0 Å². The lowest BCUT2D eigenvalue weighted by Gasteiger charge is -2.07. The molecule has 2 heterocycles. The van der Waals surface area contributed by atoms with E-state index < -0.39 is 34.4 Å². The van der Waals surface area contributed by atoms with Crippen LogP contribution in [0.3, 0.4) is 0 Å². The molecule has 0 bridgehead atoms. The van der Waals surface area contributed by atoms with E-state index in [0.29, 0.717) is 18.3 Å². The van der Waals surface area contributed by atoms with Crippen molar-refractivity contribution in [2.75, 3.05) is 0 Å². The van der Waals surface area contributed by atoms with Crippen LogP contribution in [0.15, 0.2) is 18.3 Å². The molecule has 0 fully saturated rings. The monoisotopic (exact) mass is 288 g/mol. The maximum absolute atomic E-state index is 12.4. The number of nitrogens with zero attached hydrogens (tertiary/aromatic N) is 2. The van der Waals surface area contributed by atoms with E-state index >= 15 is 0 Å². The van der Waals surface area contributed by atoms with E-state index in [0.717, 1.165) is 4.40 Å². The first-order chi connectivity index (χ1) is 8.09. The van der Waals surface area contributed by atoms with E-state index in [1.165, 1.54) is 0 Å². The van der Waals surface area contributed by atoms with Gasteiger partial charge in [-0.05, 0) is 12.1 Å². The quantitative estimate of drug-likeness (QED) is 0.528. The minimum absolute atomic E-state index is 0.497. The highest BCUT2D eigenvalue weighted by Gasteiger charge is 2.36. The van der Waals surface area contributed by atoms with Crippen LogP contribution in [0.4, 0.5) is 26.3 Å². The van der Waals surface area contributed by atoms with Gasteiger partial charge in [-0.25, -0.2) is 4.98 Å². The van der Waals surface area contributed by atoms with Gasteiger partial charge in [0.2, 0.25) is 0 Å². The summed E-state index contributed by atoms with van der Waals surface area (Å²) in [6.45, 7) is 0. The molecule has 0 unspecified atom stereocenters. The zero-order valence-electron chi connectivity index (χ0n) is 8.27. The average molecular weight is 289 g/mol. The molecule has 0 saturated carbocycles. The first kappa shape index (κ1) is 13.0. The van der Waals surface area contributed by atoms with Gasteiger partial charge < -0.3 is 0 Å². The van der Waals surface area contributed by atoms with Crippen molar-refractivity contribution in [1.29, 1.82) is 0 Å². The number of fused-ring (bicyclic) bond motifs is 1. The Hall–Kier alpha value is -1.44. The lowest BCUT2D eigenvalue weighted by atomic mass is 10.2. The molecule has 0 aliphatic heterocycles. The van der Waals surface area contributed by atoms with Gasteiger partial charge in [0.15, 0.2) is 5.69 Å².